The first-order valence-corrected chi connectivity index (χ1v) is 13.8. The zero-order valence-electron chi connectivity index (χ0n) is 20.6. The van der Waals surface area contributed by atoms with Crippen molar-refractivity contribution in [3.63, 3.8) is 0 Å². The second-order valence-electron chi connectivity index (χ2n) is 9.38. The molecule has 11 heteroatoms. The highest BCUT2D eigenvalue weighted by Crippen LogP contribution is 2.29. The lowest BCUT2D eigenvalue weighted by atomic mass is 10.0. The average Bonchev–Trinajstić information content (AvgIpc) is 3.57. The van der Waals surface area contributed by atoms with Crippen molar-refractivity contribution in [2.75, 3.05) is 11.9 Å². The Morgan fingerprint density at radius 2 is 1.89 bits per heavy atom. The second-order valence-corrected chi connectivity index (χ2v) is 10.6. The van der Waals surface area contributed by atoms with Crippen molar-refractivity contribution in [2.45, 2.75) is 31.8 Å². The van der Waals surface area contributed by atoms with Crippen LogP contribution in [0.5, 0.6) is 0 Å². The van der Waals surface area contributed by atoms with E-state index in [1.54, 1.807) is 16.9 Å². The summed E-state index contributed by atoms with van der Waals surface area (Å²) in [5.41, 5.74) is 3.96. The summed E-state index contributed by atoms with van der Waals surface area (Å²) in [7, 11) is -3.96. The predicted molar refractivity (Wildman–Crippen MR) is 142 cm³/mol. The normalized spacial score (nSPS) is 17.4. The number of hydrogen-bond donors (Lipinski definition) is 2. The highest BCUT2D eigenvalue weighted by Gasteiger charge is 2.28. The van der Waals surface area contributed by atoms with Crippen molar-refractivity contribution in [3.8, 4) is 11.1 Å². The second kappa shape index (κ2) is 11.2. The molecule has 0 spiro atoms. The van der Waals surface area contributed by atoms with Gasteiger partial charge in [0, 0.05) is 18.4 Å². The van der Waals surface area contributed by atoms with Gasteiger partial charge in [-0.3, -0.25) is 13.7 Å². The van der Waals surface area contributed by atoms with Gasteiger partial charge >= 0.3 is 10.3 Å². The molecule has 2 atom stereocenters. The van der Waals surface area contributed by atoms with Gasteiger partial charge in [0.25, 0.3) is 0 Å². The topological polar surface area (TPSA) is 142 Å². The number of rotatable bonds is 10. The first-order chi connectivity index (χ1) is 18.3. The molecule has 2 aromatic heterocycles. The van der Waals surface area contributed by atoms with Crippen molar-refractivity contribution < 1.29 is 17.4 Å². The van der Waals surface area contributed by atoms with E-state index in [0.29, 0.717) is 30.0 Å². The van der Waals surface area contributed by atoms with Crippen LogP contribution in [0.3, 0.4) is 0 Å². The number of anilines is 1. The van der Waals surface area contributed by atoms with E-state index in [1.165, 1.54) is 12.5 Å². The van der Waals surface area contributed by atoms with Gasteiger partial charge in [0.1, 0.15) is 17.8 Å². The highest BCUT2D eigenvalue weighted by atomic mass is 32.2. The summed E-state index contributed by atoms with van der Waals surface area (Å²) in [5, 5.41) is 12.8. The molecule has 4 aromatic rings. The fraction of sp³-hybridized carbons (Fsp3) is 0.259. The van der Waals surface area contributed by atoms with Gasteiger partial charge in [0.05, 0.1) is 18.7 Å². The summed E-state index contributed by atoms with van der Waals surface area (Å²) in [6.45, 7) is 0.562. The monoisotopic (exact) mass is 532 g/mol. The van der Waals surface area contributed by atoms with Crippen molar-refractivity contribution >= 4 is 21.9 Å². The Morgan fingerprint density at radius 3 is 2.71 bits per heavy atom. The molecular formula is C27H28N6O4S. The van der Waals surface area contributed by atoms with Crippen LogP contribution in [0.2, 0.25) is 0 Å². The third-order valence-corrected chi connectivity index (χ3v) is 7.02. The predicted octanol–water partition coefficient (Wildman–Crippen LogP) is 3.42. The number of carbonyl (C=O) groups is 1. The molecular weight excluding hydrogens is 504 g/mol. The van der Waals surface area contributed by atoms with Crippen LogP contribution in [0.25, 0.3) is 11.1 Å². The fourth-order valence-corrected chi connectivity index (χ4v) is 5.11. The van der Waals surface area contributed by atoms with Gasteiger partial charge in [-0.25, -0.2) is 15.1 Å². The maximum atomic E-state index is 13.3. The third-order valence-electron chi connectivity index (χ3n) is 6.56. The van der Waals surface area contributed by atoms with E-state index in [2.05, 4.69) is 44.6 Å². The van der Waals surface area contributed by atoms with Crippen LogP contribution in [0.1, 0.15) is 40.9 Å². The van der Waals surface area contributed by atoms with Crippen molar-refractivity contribution in [3.05, 3.63) is 96.2 Å². The molecule has 0 saturated heterocycles. The lowest BCUT2D eigenvalue weighted by molar-refractivity contribution is 0.103. The van der Waals surface area contributed by atoms with E-state index in [4.69, 9.17) is 9.32 Å². The molecule has 38 heavy (non-hydrogen) atoms. The average molecular weight is 533 g/mol. The Bertz CT molecular complexity index is 1520. The van der Waals surface area contributed by atoms with Crippen LogP contribution in [0.4, 0.5) is 5.82 Å². The standard InChI is InChI=1S/C27H28N6O4S/c28-38(35,36)37-17-20-9-10-23(14-20)31-27-24(15-29-18-30-27)26(34)25-11-12-33(32-25)16-19-5-4-8-22(13-19)21-6-2-1-3-7-21/h1-8,11-13,15,18,20,23H,9-10,14,16-17H2,(H2,28,35,36)(H,29,30,31). The first-order valence-electron chi connectivity index (χ1n) is 12.3. The summed E-state index contributed by atoms with van der Waals surface area (Å²) in [6, 6.07) is 20.1. The van der Waals surface area contributed by atoms with Crippen LogP contribution < -0.4 is 10.5 Å². The van der Waals surface area contributed by atoms with Gasteiger partial charge < -0.3 is 5.32 Å². The number of carbonyl (C=O) groups excluding carboxylic acids is 1. The quantitative estimate of drug-likeness (QED) is 0.296. The molecule has 2 heterocycles. The van der Waals surface area contributed by atoms with Crippen LogP contribution in [-0.4, -0.2) is 46.6 Å². The number of ketones is 1. The molecule has 5 rings (SSSR count). The Kier molecular flexibility index (Phi) is 7.59. The molecule has 1 aliphatic carbocycles. The van der Waals surface area contributed by atoms with Crippen molar-refractivity contribution in [2.24, 2.45) is 11.1 Å². The van der Waals surface area contributed by atoms with Gasteiger partial charge in [-0.1, -0.05) is 48.5 Å². The first kappa shape index (κ1) is 25.7. The molecule has 2 aromatic carbocycles. The number of aromatic nitrogens is 4. The van der Waals surface area contributed by atoms with Gasteiger partial charge in [0.2, 0.25) is 5.78 Å². The number of benzene rings is 2. The van der Waals surface area contributed by atoms with E-state index >= 15 is 0 Å². The number of hydrogen-bond acceptors (Lipinski definition) is 8. The fourth-order valence-electron chi connectivity index (χ4n) is 4.73. The number of nitrogens with two attached hydrogens (primary N) is 1. The van der Waals surface area contributed by atoms with Crippen LogP contribution in [0, 0.1) is 5.92 Å². The van der Waals surface area contributed by atoms with Crippen molar-refractivity contribution in [1.82, 2.24) is 19.7 Å². The zero-order valence-corrected chi connectivity index (χ0v) is 21.4. The molecule has 0 aliphatic heterocycles. The van der Waals surface area contributed by atoms with E-state index in [0.717, 1.165) is 29.5 Å². The van der Waals surface area contributed by atoms with Gasteiger partial charge in [-0.15, -0.1) is 0 Å². The van der Waals surface area contributed by atoms with Crippen LogP contribution in [-0.2, 0) is 21.0 Å². The highest BCUT2D eigenvalue weighted by molar-refractivity contribution is 7.84. The van der Waals surface area contributed by atoms with Gasteiger partial charge in [-0.2, -0.15) is 13.5 Å². The van der Waals surface area contributed by atoms with E-state index in [1.807, 2.05) is 30.3 Å². The molecule has 1 saturated carbocycles. The summed E-state index contributed by atoms with van der Waals surface area (Å²) in [6.07, 6.45) is 6.88. The van der Waals surface area contributed by atoms with Gasteiger partial charge in [0.15, 0.2) is 0 Å². The molecule has 10 nitrogen and oxygen atoms in total. The lowest BCUT2D eigenvalue weighted by Crippen LogP contribution is -2.22. The van der Waals surface area contributed by atoms with Crippen LogP contribution >= 0.6 is 0 Å². The minimum atomic E-state index is -3.96. The minimum absolute atomic E-state index is 0.0139. The molecule has 196 valence electrons. The zero-order chi connectivity index (χ0) is 26.5. The Balaban J connectivity index is 1.25. The minimum Gasteiger partial charge on any atom is -0.367 e. The molecule has 1 fully saturated rings. The summed E-state index contributed by atoms with van der Waals surface area (Å²) in [5.74, 6) is 0.188. The van der Waals surface area contributed by atoms with E-state index in [9.17, 15) is 13.2 Å². The number of nitrogens with zero attached hydrogens (tertiary/aromatic N) is 4. The summed E-state index contributed by atoms with van der Waals surface area (Å²) in [4.78, 5) is 21.7. The SMILES string of the molecule is NS(=O)(=O)OCC1CCC(Nc2ncncc2C(=O)c2ccn(Cc3cccc(-c4ccccc4)c3)n2)C1. The lowest BCUT2D eigenvalue weighted by Gasteiger charge is -2.15. The van der Waals surface area contributed by atoms with Gasteiger partial charge in [-0.05, 0) is 54.0 Å². The maximum absolute atomic E-state index is 13.3. The summed E-state index contributed by atoms with van der Waals surface area (Å²) < 4.78 is 28.6. The molecule has 0 amide bonds. The molecule has 0 radical (unpaired) electrons. The molecule has 0 bridgehead atoms. The Labute approximate surface area is 221 Å². The van der Waals surface area contributed by atoms with E-state index in [-0.39, 0.29) is 24.3 Å². The molecule has 1 aliphatic rings. The smallest absolute Gasteiger partial charge is 0.333 e. The molecule has 2 unspecified atom stereocenters. The van der Waals surface area contributed by atoms with E-state index < -0.39 is 10.3 Å². The largest absolute Gasteiger partial charge is 0.367 e. The Hall–Kier alpha value is -3.93. The third kappa shape index (κ3) is 6.49. The summed E-state index contributed by atoms with van der Waals surface area (Å²) >= 11 is 0. The van der Waals surface area contributed by atoms with Crippen LogP contribution in [0.15, 0.2) is 79.4 Å². The molecule has 3 N–H and O–H groups in total. The van der Waals surface area contributed by atoms with Crippen molar-refractivity contribution in [1.29, 1.82) is 0 Å². The number of nitrogens with one attached hydrogen (secondary N) is 1. The maximum Gasteiger partial charge on any atom is 0.333 e. The Morgan fingerprint density at radius 1 is 1.08 bits per heavy atom.